The maximum atomic E-state index is 14.5. The summed E-state index contributed by atoms with van der Waals surface area (Å²) >= 11 is 6.28. The fraction of sp³-hybridized carbons (Fsp3) is 0.233. The number of carbonyl (C=O) groups excluding carboxylic acids is 2. The van der Waals surface area contributed by atoms with Gasteiger partial charge in [-0.15, -0.1) is 0 Å². The number of nitrogens with zero attached hydrogens (tertiary/aromatic N) is 2. The monoisotopic (exact) mass is 564 g/mol. The molecule has 1 aliphatic carbocycles. The van der Waals surface area contributed by atoms with Gasteiger partial charge >= 0.3 is 5.97 Å². The number of halogens is 2. The zero-order valence-corrected chi connectivity index (χ0v) is 22.1. The predicted octanol–water partition coefficient (Wildman–Crippen LogP) is 4.82. The van der Waals surface area contributed by atoms with E-state index in [4.69, 9.17) is 26.2 Å². The van der Waals surface area contributed by atoms with Crippen molar-refractivity contribution in [1.29, 1.82) is 0 Å². The highest BCUT2D eigenvalue weighted by molar-refractivity contribution is 6.32. The largest absolute Gasteiger partial charge is 0.482 e. The SMILES string of the molecule is O=C(O)COc1ccc(F)cc1C1c2ccccc2CCN1C(=O)CCN1C=COC(C2=C(Cl)C=CC(=O)C2)=C1. The standard InChI is InChI=1S/C30H26ClFN2O6/c31-25-7-6-21(35)16-23(25)27-17-33(13-14-39-27)11-10-28(36)34-12-9-19-3-1-2-4-22(19)30(34)24-15-20(32)5-8-26(24)40-18-29(37)38/h1-8,13-15,17,30H,9-12,16,18H2,(H,37,38). The molecule has 2 aromatic carbocycles. The molecule has 10 heteroatoms. The molecule has 1 amide bonds. The van der Waals surface area contributed by atoms with Crippen LogP contribution in [0.5, 0.6) is 5.75 Å². The van der Waals surface area contributed by atoms with E-state index in [0.717, 1.165) is 11.1 Å². The third-order valence-corrected chi connectivity index (χ3v) is 7.24. The van der Waals surface area contributed by atoms with Crippen LogP contribution in [0.3, 0.4) is 0 Å². The van der Waals surface area contributed by atoms with E-state index in [9.17, 15) is 18.8 Å². The van der Waals surface area contributed by atoms with Gasteiger partial charge in [-0.1, -0.05) is 35.9 Å². The first kappa shape index (κ1) is 27.2. The van der Waals surface area contributed by atoms with Gasteiger partial charge in [-0.05, 0) is 47.9 Å². The van der Waals surface area contributed by atoms with Crippen LogP contribution in [0.4, 0.5) is 4.39 Å². The normalized spacial score (nSPS) is 18.3. The van der Waals surface area contributed by atoms with Crippen LogP contribution in [0.25, 0.3) is 0 Å². The van der Waals surface area contributed by atoms with Gasteiger partial charge in [0.15, 0.2) is 12.4 Å². The van der Waals surface area contributed by atoms with E-state index in [0.29, 0.717) is 41.4 Å². The highest BCUT2D eigenvalue weighted by Gasteiger charge is 2.34. The fourth-order valence-electron chi connectivity index (χ4n) is 5.03. The average molecular weight is 565 g/mol. The van der Waals surface area contributed by atoms with Gasteiger partial charge in [-0.3, -0.25) is 9.59 Å². The summed E-state index contributed by atoms with van der Waals surface area (Å²) in [6, 6.07) is 10.9. The van der Waals surface area contributed by atoms with Crippen LogP contribution in [0.15, 0.2) is 89.6 Å². The van der Waals surface area contributed by atoms with E-state index < -0.39 is 24.4 Å². The lowest BCUT2D eigenvalue weighted by Crippen LogP contribution is -2.41. The van der Waals surface area contributed by atoms with E-state index in [1.165, 1.54) is 36.6 Å². The Morgan fingerprint density at radius 2 is 1.98 bits per heavy atom. The lowest BCUT2D eigenvalue weighted by molar-refractivity contribution is -0.139. The molecule has 5 rings (SSSR count). The highest BCUT2D eigenvalue weighted by atomic mass is 35.5. The molecule has 0 aromatic heterocycles. The first-order valence-corrected chi connectivity index (χ1v) is 13.1. The minimum atomic E-state index is -1.16. The summed E-state index contributed by atoms with van der Waals surface area (Å²) in [7, 11) is 0. The number of carboxylic acid groups (broad SMARTS) is 1. The average Bonchev–Trinajstić information content (AvgIpc) is 2.96. The molecule has 0 bridgehead atoms. The fourth-order valence-corrected chi connectivity index (χ4v) is 5.25. The van der Waals surface area contributed by atoms with E-state index in [-0.39, 0.29) is 30.3 Å². The number of ether oxygens (including phenoxy) is 2. The number of hydrogen-bond donors (Lipinski definition) is 1. The Bertz CT molecular complexity index is 1480. The summed E-state index contributed by atoms with van der Waals surface area (Å²) in [6.07, 6.45) is 8.67. The molecule has 0 saturated heterocycles. The van der Waals surface area contributed by atoms with E-state index >= 15 is 0 Å². The Balaban J connectivity index is 1.39. The van der Waals surface area contributed by atoms with Crippen LogP contribution in [-0.2, 0) is 25.5 Å². The first-order valence-electron chi connectivity index (χ1n) is 12.7. The molecule has 0 saturated carbocycles. The minimum Gasteiger partial charge on any atom is -0.482 e. The van der Waals surface area contributed by atoms with Gasteiger partial charge in [0.1, 0.15) is 23.6 Å². The highest BCUT2D eigenvalue weighted by Crippen LogP contribution is 2.40. The lowest BCUT2D eigenvalue weighted by atomic mass is 9.87. The van der Waals surface area contributed by atoms with Gasteiger partial charge in [-0.25, -0.2) is 9.18 Å². The second-order valence-electron chi connectivity index (χ2n) is 9.49. The first-order chi connectivity index (χ1) is 19.3. The summed E-state index contributed by atoms with van der Waals surface area (Å²) in [5, 5.41) is 9.55. The van der Waals surface area contributed by atoms with Crippen LogP contribution in [0, 0.1) is 5.82 Å². The lowest BCUT2D eigenvalue weighted by Gasteiger charge is -2.38. The number of fused-ring (bicyclic) bond motifs is 1. The molecule has 40 heavy (non-hydrogen) atoms. The molecular formula is C30H26ClFN2O6. The Kier molecular flexibility index (Phi) is 8.02. The zero-order chi connectivity index (χ0) is 28.2. The summed E-state index contributed by atoms with van der Waals surface area (Å²) < 4.78 is 25.6. The number of ketones is 1. The molecule has 2 aliphatic heterocycles. The second kappa shape index (κ2) is 11.8. The van der Waals surface area contributed by atoms with Crippen molar-refractivity contribution in [2.75, 3.05) is 19.7 Å². The summed E-state index contributed by atoms with van der Waals surface area (Å²) in [5.74, 6) is -1.30. The van der Waals surface area contributed by atoms with Crippen LogP contribution in [-0.4, -0.2) is 52.3 Å². The van der Waals surface area contributed by atoms with Crippen molar-refractivity contribution in [2.24, 2.45) is 0 Å². The van der Waals surface area contributed by atoms with Crippen molar-refractivity contribution >= 4 is 29.3 Å². The minimum absolute atomic E-state index is 0.0827. The molecule has 8 nitrogen and oxygen atoms in total. The van der Waals surface area contributed by atoms with Crippen molar-refractivity contribution in [2.45, 2.75) is 25.3 Å². The van der Waals surface area contributed by atoms with E-state index in [1.807, 2.05) is 24.3 Å². The summed E-state index contributed by atoms with van der Waals surface area (Å²) in [4.78, 5) is 40.2. The van der Waals surface area contributed by atoms with Gasteiger partial charge < -0.3 is 24.4 Å². The molecule has 2 aromatic rings. The van der Waals surface area contributed by atoms with Crippen LogP contribution >= 0.6 is 11.6 Å². The third kappa shape index (κ3) is 5.94. The number of amides is 1. The molecule has 3 aliphatic rings. The van der Waals surface area contributed by atoms with Crippen molar-refractivity contribution in [3.05, 3.63) is 112 Å². The van der Waals surface area contributed by atoms with Crippen molar-refractivity contribution in [3.8, 4) is 5.75 Å². The number of rotatable bonds is 8. The van der Waals surface area contributed by atoms with Gasteiger partial charge in [0.05, 0.1) is 6.04 Å². The molecule has 206 valence electrons. The number of carbonyl (C=O) groups is 3. The summed E-state index contributed by atoms with van der Waals surface area (Å²) in [6.45, 7) is 0.112. The van der Waals surface area contributed by atoms with Crippen LogP contribution in [0.1, 0.15) is 35.6 Å². The number of carboxylic acids is 1. The number of hydrogen-bond acceptors (Lipinski definition) is 6. The summed E-state index contributed by atoms with van der Waals surface area (Å²) in [5.41, 5.74) is 2.81. The van der Waals surface area contributed by atoms with Crippen molar-refractivity contribution < 1.29 is 33.4 Å². The smallest absolute Gasteiger partial charge is 0.341 e. The Morgan fingerprint density at radius 1 is 1.15 bits per heavy atom. The molecule has 2 heterocycles. The topological polar surface area (TPSA) is 96.4 Å². The Morgan fingerprint density at radius 3 is 2.80 bits per heavy atom. The molecule has 0 spiro atoms. The van der Waals surface area contributed by atoms with Gasteiger partial charge in [0, 0.05) is 54.5 Å². The maximum Gasteiger partial charge on any atom is 0.341 e. The van der Waals surface area contributed by atoms with Gasteiger partial charge in [0.25, 0.3) is 0 Å². The Hall–Kier alpha value is -4.37. The second-order valence-corrected chi connectivity index (χ2v) is 9.90. The Labute approximate surface area is 235 Å². The van der Waals surface area contributed by atoms with Crippen molar-refractivity contribution in [1.82, 2.24) is 9.80 Å². The number of allylic oxidation sites excluding steroid dienone is 4. The third-order valence-electron chi connectivity index (χ3n) is 6.89. The molecule has 0 fully saturated rings. The van der Waals surface area contributed by atoms with Crippen LogP contribution < -0.4 is 4.74 Å². The predicted molar refractivity (Wildman–Crippen MR) is 145 cm³/mol. The van der Waals surface area contributed by atoms with E-state index in [1.54, 1.807) is 22.2 Å². The zero-order valence-electron chi connectivity index (χ0n) is 21.4. The number of aliphatic carboxylic acids is 1. The quantitative estimate of drug-likeness (QED) is 0.491. The number of benzene rings is 2. The molecule has 1 atom stereocenters. The molecule has 0 radical (unpaired) electrons. The van der Waals surface area contributed by atoms with E-state index in [2.05, 4.69) is 0 Å². The van der Waals surface area contributed by atoms with Gasteiger partial charge in [0.2, 0.25) is 5.91 Å². The maximum absolute atomic E-state index is 14.5. The van der Waals surface area contributed by atoms with Crippen LogP contribution in [0.2, 0.25) is 0 Å². The molecular weight excluding hydrogens is 539 g/mol. The molecule has 1 unspecified atom stereocenters. The molecule has 1 N–H and O–H groups in total. The van der Waals surface area contributed by atoms with Crippen molar-refractivity contribution in [3.63, 3.8) is 0 Å². The van der Waals surface area contributed by atoms with Gasteiger partial charge in [-0.2, -0.15) is 0 Å².